The van der Waals surface area contributed by atoms with Crippen molar-refractivity contribution in [1.29, 1.82) is 0 Å². The molecule has 2 N–H and O–H groups in total. The summed E-state index contributed by atoms with van der Waals surface area (Å²) in [5.41, 5.74) is -1.90. The standard InChI is InChI=1S/C7H14O6S/c1-3-4-6(9)13-7(5(2)8)14(10,11)12/h5,7-8H,3-4H2,1-2H3,(H,10,11,12). The van der Waals surface area contributed by atoms with Gasteiger partial charge in [-0.25, -0.2) is 0 Å². The molecule has 0 aromatic heterocycles. The minimum absolute atomic E-state index is 0.0404. The second-order valence-electron chi connectivity index (χ2n) is 2.86. The van der Waals surface area contributed by atoms with Crippen molar-refractivity contribution in [3.05, 3.63) is 0 Å². The van der Waals surface area contributed by atoms with Crippen molar-refractivity contribution in [2.45, 2.75) is 38.2 Å². The highest BCUT2D eigenvalue weighted by Crippen LogP contribution is 2.08. The molecule has 0 saturated heterocycles. The van der Waals surface area contributed by atoms with E-state index in [-0.39, 0.29) is 6.42 Å². The fourth-order valence-corrected chi connectivity index (χ4v) is 1.53. The molecule has 2 atom stereocenters. The summed E-state index contributed by atoms with van der Waals surface area (Å²) in [5, 5.41) is 8.95. The first kappa shape index (κ1) is 13.3. The smallest absolute Gasteiger partial charge is 0.307 e. The zero-order valence-electron chi connectivity index (χ0n) is 8.00. The molecule has 0 aliphatic heterocycles. The van der Waals surface area contributed by atoms with Crippen molar-refractivity contribution in [2.24, 2.45) is 0 Å². The van der Waals surface area contributed by atoms with Crippen molar-refractivity contribution < 1.29 is 27.6 Å². The summed E-state index contributed by atoms with van der Waals surface area (Å²) in [7, 11) is -4.57. The zero-order valence-corrected chi connectivity index (χ0v) is 8.82. The Balaban J connectivity index is 4.48. The average Bonchev–Trinajstić information content (AvgIpc) is 1.98. The van der Waals surface area contributed by atoms with Gasteiger partial charge in [0, 0.05) is 6.42 Å². The lowest BCUT2D eigenvalue weighted by Crippen LogP contribution is -2.36. The first-order chi connectivity index (χ1) is 6.29. The van der Waals surface area contributed by atoms with Crippen molar-refractivity contribution in [3.8, 4) is 0 Å². The van der Waals surface area contributed by atoms with Crippen molar-refractivity contribution in [3.63, 3.8) is 0 Å². The molecular weight excluding hydrogens is 212 g/mol. The molecule has 0 aromatic rings. The third-order valence-corrected chi connectivity index (χ3v) is 2.47. The number of hydrogen-bond donors (Lipinski definition) is 2. The van der Waals surface area contributed by atoms with Gasteiger partial charge in [0.25, 0.3) is 5.44 Å². The monoisotopic (exact) mass is 226 g/mol. The largest absolute Gasteiger partial charge is 0.440 e. The third kappa shape index (κ3) is 4.54. The van der Waals surface area contributed by atoms with E-state index in [2.05, 4.69) is 4.74 Å². The molecular formula is C7H14O6S. The molecule has 0 fully saturated rings. The normalized spacial score (nSPS) is 16.0. The van der Waals surface area contributed by atoms with Crippen LogP contribution in [0.3, 0.4) is 0 Å². The van der Waals surface area contributed by atoms with E-state index >= 15 is 0 Å². The second-order valence-corrected chi connectivity index (χ2v) is 4.36. The van der Waals surface area contributed by atoms with E-state index in [4.69, 9.17) is 9.66 Å². The van der Waals surface area contributed by atoms with Gasteiger partial charge in [-0.15, -0.1) is 0 Å². The summed E-state index contributed by atoms with van der Waals surface area (Å²) in [6, 6.07) is 0. The molecule has 0 amide bonds. The number of aliphatic hydroxyl groups is 1. The molecule has 0 heterocycles. The molecule has 84 valence electrons. The number of ether oxygens (including phenoxy) is 1. The summed E-state index contributed by atoms with van der Waals surface area (Å²) in [6.45, 7) is 2.82. The maximum atomic E-state index is 10.9. The topological polar surface area (TPSA) is 101 Å². The van der Waals surface area contributed by atoms with Gasteiger partial charge in [0.15, 0.2) is 0 Å². The Morgan fingerprint density at radius 1 is 1.50 bits per heavy atom. The van der Waals surface area contributed by atoms with Crippen LogP contribution < -0.4 is 0 Å². The van der Waals surface area contributed by atoms with Crippen molar-refractivity contribution in [1.82, 2.24) is 0 Å². The van der Waals surface area contributed by atoms with Crippen LogP contribution in [0.2, 0.25) is 0 Å². The second kappa shape index (κ2) is 5.28. The number of hydrogen-bond acceptors (Lipinski definition) is 5. The molecule has 2 unspecified atom stereocenters. The molecule has 14 heavy (non-hydrogen) atoms. The van der Waals surface area contributed by atoms with Crippen molar-refractivity contribution in [2.75, 3.05) is 0 Å². The van der Waals surface area contributed by atoms with Crippen molar-refractivity contribution >= 4 is 16.1 Å². The van der Waals surface area contributed by atoms with Crippen LogP contribution in [0.4, 0.5) is 0 Å². The van der Waals surface area contributed by atoms with Crippen LogP contribution in [-0.2, 0) is 19.6 Å². The minimum Gasteiger partial charge on any atom is -0.440 e. The molecule has 0 spiro atoms. The SMILES string of the molecule is CCCC(=O)OC(C(C)O)S(=O)(=O)O. The van der Waals surface area contributed by atoms with E-state index in [0.717, 1.165) is 6.92 Å². The zero-order chi connectivity index (χ0) is 11.4. The lowest BCUT2D eigenvalue weighted by atomic mass is 10.3. The lowest BCUT2D eigenvalue weighted by Gasteiger charge is -2.16. The number of carbonyl (C=O) groups excluding carboxylic acids is 1. The van der Waals surface area contributed by atoms with Gasteiger partial charge in [-0.3, -0.25) is 9.35 Å². The van der Waals surface area contributed by atoms with E-state index in [9.17, 15) is 13.2 Å². The molecule has 6 nitrogen and oxygen atoms in total. The maximum Gasteiger partial charge on any atom is 0.307 e. The van der Waals surface area contributed by atoms with Crippen LogP contribution in [0, 0.1) is 0 Å². The summed E-state index contributed by atoms with van der Waals surface area (Å²) in [6.07, 6.45) is -0.930. The molecule has 0 aliphatic rings. The van der Waals surface area contributed by atoms with Crippen LogP contribution in [0.1, 0.15) is 26.7 Å². The predicted molar refractivity (Wildman–Crippen MR) is 48.0 cm³/mol. The van der Waals surface area contributed by atoms with Crippen LogP contribution in [0.15, 0.2) is 0 Å². The van der Waals surface area contributed by atoms with E-state index in [1.54, 1.807) is 6.92 Å². The van der Waals surface area contributed by atoms with Gasteiger partial charge >= 0.3 is 16.1 Å². The molecule has 0 saturated carbocycles. The highest BCUT2D eigenvalue weighted by atomic mass is 32.2. The number of rotatable bonds is 5. The van der Waals surface area contributed by atoms with E-state index in [1.807, 2.05) is 0 Å². The Kier molecular flexibility index (Phi) is 5.03. The average molecular weight is 226 g/mol. The first-order valence-electron chi connectivity index (χ1n) is 4.13. The van der Waals surface area contributed by atoms with E-state index in [1.165, 1.54) is 0 Å². The highest BCUT2D eigenvalue weighted by molar-refractivity contribution is 7.86. The minimum atomic E-state index is -4.57. The first-order valence-corrected chi connectivity index (χ1v) is 5.63. The van der Waals surface area contributed by atoms with Gasteiger partial charge in [-0.05, 0) is 13.3 Å². The molecule has 0 aromatic carbocycles. The predicted octanol–water partition coefficient (Wildman–Crippen LogP) is -0.0756. The fraction of sp³-hybridized carbons (Fsp3) is 0.857. The number of carbonyl (C=O) groups is 1. The van der Waals surface area contributed by atoms with Crippen LogP contribution >= 0.6 is 0 Å². The lowest BCUT2D eigenvalue weighted by molar-refractivity contribution is -0.149. The molecule has 0 aliphatic carbocycles. The quantitative estimate of drug-likeness (QED) is 0.502. The Morgan fingerprint density at radius 3 is 2.29 bits per heavy atom. The number of esters is 1. The van der Waals surface area contributed by atoms with Gasteiger partial charge in [-0.2, -0.15) is 8.42 Å². The van der Waals surface area contributed by atoms with E-state index < -0.39 is 27.6 Å². The Bertz CT molecular complexity index is 281. The maximum absolute atomic E-state index is 10.9. The van der Waals surface area contributed by atoms with Gasteiger partial charge in [0.05, 0.1) is 0 Å². The number of aliphatic hydroxyl groups excluding tert-OH is 1. The summed E-state index contributed by atoms with van der Waals surface area (Å²) >= 11 is 0. The fourth-order valence-electron chi connectivity index (χ4n) is 0.801. The van der Waals surface area contributed by atoms with E-state index in [0.29, 0.717) is 6.42 Å². The third-order valence-electron chi connectivity index (χ3n) is 1.39. The molecule has 0 rings (SSSR count). The van der Waals surface area contributed by atoms with Crippen LogP contribution in [0.25, 0.3) is 0 Å². The van der Waals surface area contributed by atoms with Crippen LogP contribution in [0.5, 0.6) is 0 Å². The summed E-state index contributed by atoms with van der Waals surface area (Å²) in [5.74, 6) is -0.768. The molecule has 7 heteroatoms. The highest BCUT2D eigenvalue weighted by Gasteiger charge is 2.31. The Hall–Kier alpha value is -0.660. The Labute approximate surface area is 82.6 Å². The Morgan fingerprint density at radius 2 is 2.00 bits per heavy atom. The summed E-state index contributed by atoms with van der Waals surface area (Å²) < 4.78 is 34.3. The van der Waals surface area contributed by atoms with Gasteiger partial charge < -0.3 is 9.84 Å². The van der Waals surface area contributed by atoms with Crippen LogP contribution in [-0.4, -0.2) is 35.6 Å². The molecule has 0 radical (unpaired) electrons. The van der Waals surface area contributed by atoms with Gasteiger partial charge in [0.2, 0.25) is 0 Å². The van der Waals surface area contributed by atoms with Gasteiger partial charge in [0.1, 0.15) is 6.10 Å². The summed E-state index contributed by atoms with van der Waals surface area (Å²) in [4.78, 5) is 10.9. The molecule has 0 bridgehead atoms. The van der Waals surface area contributed by atoms with Gasteiger partial charge in [-0.1, -0.05) is 6.92 Å².